The van der Waals surface area contributed by atoms with Crippen molar-refractivity contribution >= 4 is 39.9 Å². The Hall–Kier alpha value is -2.52. The highest BCUT2D eigenvalue weighted by atomic mass is 79.9. The van der Waals surface area contributed by atoms with Crippen LogP contribution in [0, 0.1) is 0 Å². The Bertz CT molecular complexity index is 914. The molecule has 2 aromatic carbocycles. The van der Waals surface area contributed by atoms with E-state index in [9.17, 15) is 0 Å². The monoisotopic (exact) mass is 432 g/mol. The molecule has 26 heavy (non-hydrogen) atoms. The van der Waals surface area contributed by atoms with Gasteiger partial charge in [0.1, 0.15) is 5.75 Å². The van der Waals surface area contributed by atoms with Crippen LogP contribution in [0.1, 0.15) is 11.1 Å². The van der Waals surface area contributed by atoms with Gasteiger partial charge >= 0.3 is 0 Å². The van der Waals surface area contributed by atoms with Gasteiger partial charge in [0.15, 0.2) is 0 Å². The Labute approximate surface area is 163 Å². The Balaban J connectivity index is 1.60. The van der Waals surface area contributed by atoms with E-state index in [1.807, 2.05) is 42.5 Å². The highest BCUT2D eigenvalue weighted by Crippen LogP contribution is 2.23. The van der Waals surface area contributed by atoms with Crippen LogP contribution in [-0.2, 0) is 5.75 Å². The number of hydrazone groups is 1. The van der Waals surface area contributed by atoms with Crippen molar-refractivity contribution < 1.29 is 4.74 Å². The minimum Gasteiger partial charge on any atom is -0.497 e. The first-order valence-electron chi connectivity index (χ1n) is 7.66. The third-order valence-electron chi connectivity index (χ3n) is 3.39. The summed E-state index contributed by atoms with van der Waals surface area (Å²) < 4.78 is 7.60. The van der Waals surface area contributed by atoms with Gasteiger partial charge in [0.25, 0.3) is 5.95 Å². The summed E-state index contributed by atoms with van der Waals surface area (Å²) in [7, 11) is 1.62. The predicted molar refractivity (Wildman–Crippen MR) is 108 cm³/mol. The summed E-state index contributed by atoms with van der Waals surface area (Å²) >= 11 is 4.96. The van der Waals surface area contributed by atoms with Gasteiger partial charge in [-0.1, -0.05) is 52.0 Å². The predicted octanol–water partition coefficient (Wildman–Crippen LogP) is 3.50. The SMILES string of the molecule is COc1cccc(/C=N/Nc2nnc(SCc3cccc(Br)c3)n2N)c1. The number of hydrogen-bond acceptors (Lipinski definition) is 7. The molecule has 1 aromatic heterocycles. The zero-order chi connectivity index (χ0) is 18.4. The van der Waals surface area contributed by atoms with E-state index >= 15 is 0 Å². The molecule has 0 radical (unpaired) electrons. The van der Waals surface area contributed by atoms with Crippen molar-refractivity contribution in [2.45, 2.75) is 10.9 Å². The Morgan fingerprint density at radius 1 is 1.27 bits per heavy atom. The number of thioether (sulfide) groups is 1. The van der Waals surface area contributed by atoms with Crippen LogP contribution >= 0.6 is 27.7 Å². The highest BCUT2D eigenvalue weighted by molar-refractivity contribution is 9.10. The number of nitrogens with zero attached hydrogens (tertiary/aromatic N) is 4. The van der Waals surface area contributed by atoms with Gasteiger partial charge in [-0.05, 0) is 35.4 Å². The number of halogens is 1. The first-order valence-corrected chi connectivity index (χ1v) is 9.44. The number of methoxy groups -OCH3 is 1. The minimum absolute atomic E-state index is 0.362. The van der Waals surface area contributed by atoms with E-state index < -0.39 is 0 Å². The normalized spacial score (nSPS) is 11.0. The number of benzene rings is 2. The second-order valence-corrected chi connectivity index (χ2v) is 7.10. The fraction of sp³-hybridized carbons (Fsp3) is 0.118. The van der Waals surface area contributed by atoms with E-state index in [4.69, 9.17) is 10.6 Å². The first kappa shape index (κ1) is 18.3. The lowest BCUT2D eigenvalue weighted by atomic mass is 10.2. The lowest BCUT2D eigenvalue weighted by Crippen LogP contribution is -2.13. The molecule has 7 nitrogen and oxygen atoms in total. The summed E-state index contributed by atoms with van der Waals surface area (Å²) in [5, 5.41) is 12.9. The van der Waals surface area contributed by atoms with Crippen molar-refractivity contribution in [1.29, 1.82) is 0 Å². The van der Waals surface area contributed by atoms with E-state index in [-0.39, 0.29) is 0 Å². The molecule has 0 saturated carbocycles. The molecular weight excluding hydrogens is 416 g/mol. The molecule has 0 atom stereocenters. The molecule has 0 saturated heterocycles. The summed E-state index contributed by atoms with van der Waals surface area (Å²) in [5.41, 5.74) is 4.86. The maximum Gasteiger partial charge on any atom is 0.264 e. The molecule has 0 aliphatic rings. The maximum absolute atomic E-state index is 6.03. The number of hydrogen-bond donors (Lipinski definition) is 2. The second-order valence-electron chi connectivity index (χ2n) is 5.24. The molecule has 3 aromatic rings. The third-order valence-corrected chi connectivity index (χ3v) is 4.90. The molecule has 3 N–H and O–H groups in total. The van der Waals surface area contributed by atoms with Crippen LogP contribution < -0.4 is 16.0 Å². The molecule has 1 heterocycles. The Morgan fingerprint density at radius 3 is 2.92 bits per heavy atom. The number of aromatic nitrogens is 3. The summed E-state index contributed by atoms with van der Waals surface area (Å²) in [4.78, 5) is 0. The van der Waals surface area contributed by atoms with E-state index in [0.29, 0.717) is 11.1 Å². The molecule has 0 spiro atoms. The highest BCUT2D eigenvalue weighted by Gasteiger charge is 2.09. The number of ether oxygens (including phenoxy) is 1. The summed E-state index contributed by atoms with van der Waals surface area (Å²) in [6, 6.07) is 15.6. The number of nitrogen functional groups attached to an aromatic ring is 1. The quantitative estimate of drug-likeness (QED) is 0.257. The Morgan fingerprint density at radius 2 is 2.12 bits per heavy atom. The van der Waals surface area contributed by atoms with Crippen LogP contribution in [0.4, 0.5) is 5.95 Å². The average molecular weight is 433 g/mol. The van der Waals surface area contributed by atoms with Crippen molar-refractivity contribution in [3.8, 4) is 5.75 Å². The van der Waals surface area contributed by atoms with Gasteiger partial charge in [-0.15, -0.1) is 10.2 Å². The third kappa shape index (κ3) is 4.77. The summed E-state index contributed by atoms with van der Waals surface area (Å²) in [6.45, 7) is 0. The molecule has 134 valence electrons. The summed E-state index contributed by atoms with van der Waals surface area (Å²) in [6.07, 6.45) is 1.66. The lowest BCUT2D eigenvalue weighted by molar-refractivity contribution is 0.415. The van der Waals surface area contributed by atoms with Gasteiger partial charge in [-0.3, -0.25) is 0 Å². The summed E-state index contributed by atoms with van der Waals surface area (Å²) in [5.74, 6) is 7.89. The van der Waals surface area contributed by atoms with Crippen molar-refractivity contribution in [2.24, 2.45) is 5.10 Å². The van der Waals surface area contributed by atoms with Crippen LogP contribution in [0.15, 0.2) is 63.3 Å². The molecule has 0 amide bonds. The van der Waals surface area contributed by atoms with Gasteiger partial charge in [0, 0.05) is 10.2 Å². The number of rotatable bonds is 7. The van der Waals surface area contributed by atoms with Crippen molar-refractivity contribution in [1.82, 2.24) is 14.9 Å². The van der Waals surface area contributed by atoms with Crippen molar-refractivity contribution in [3.63, 3.8) is 0 Å². The maximum atomic E-state index is 6.03. The fourth-order valence-corrected chi connectivity index (χ4v) is 3.36. The zero-order valence-electron chi connectivity index (χ0n) is 14.0. The van der Waals surface area contributed by atoms with Gasteiger partial charge in [0.2, 0.25) is 5.16 Å². The largest absolute Gasteiger partial charge is 0.497 e. The molecule has 0 unspecified atom stereocenters. The average Bonchev–Trinajstić information content (AvgIpc) is 3.00. The lowest BCUT2D eigenvalue weighted by Gasteiger charge is -2.03. The van der Waals surface area contributed by atoms with Gasteiger partial charge in [-0.2, -0.15) is 5.10 Å². The van der Waals surface area contributed by atoms with Gasteiger partial charge in [-0.25, -0.2) is 10.1 Å². The molecule has 0 aliphatic heterocycles. The second kappa shape index (κ2) is 8.72. The van der Waals surface area contributed by atoms with Crippen LogP contribution in [-0.4, -0.2) is 28.2 Å². The minimum atomic E-state index is 0.362. The standard InChI is InChI=1S/C17H17BrN6OS/c1-25-15-7-3-4-12(9-15)10-20-21-16-22-23-17(24(16)19)26-11-13-5-2-6-14(18)8-13/h2-10H,11,19H2,1H3,(H,21,22)/b20-10+. The van der Waals surface area contributed by atoms with E-state index in [2.05, 4.69) is 42.7 Å². The first-order chi connectivity index (χ1) is 12.7. The number of nitrogens with two attached hydrogens (primary N) is 1. The topological polar surface area (TPSA) is 90.3 Å². The smallest absolute Gasteiger partial charge is 0.264 e. The number of anilines is 1. The molecular formula is C17H17BrN6OS. The van der Waals surface area contributed by atoms with Crippen LogP contribution in [0.5, 0.6) is 5.75 Å². The molecule has 3 rings (SSSR count). The van der Waals surface area contributed by atoms with E-state index in [1.165, 1.54) is 16.4 Å². The number of nitrogens with one attached hydrogen (secondary N) is 1. The van der Waals surface area contributed by atoms with Crippen molar-refractivity contribution in [2.75, 3.05) is 18.4 Å². The zero-order valence-corrected chi connectivity index (χ0v) is 16.4. The van der Waals surface area contributed by atoms with Crippen molar-refractivity contribution in [3.05, 3.63) is 64.1 Å². The van der Waals surface area contributed by atoms with Gasteiger partial charge < -0.3 is 10.6 Å². The van der Waals surface area contributed by atoms with E-state index in [0.717, 1.165) is 27.1 Å². The Kier molecular flexibility index (Phi) is 6.13. The van der Waals surface area contributed by atoms with Crippen LogP contribution in [0.2, 0.25) is 0 Å². The van der Waals surface area contributed by atoms with E-state index in [1.54, 1.807) is 13.3 Å². The molecule has 9 heteroatoms. The molecule has 0 aliphatic carbocycles. The van der Waals surface area contributed by atoms with Crippen LogP contribution in [0.3, 0.4) is 0 Å². The van der Waals surface area contributed by atoms with Crippen LogP contribution in [0.25, 0.3) is 0 Å². The van der Waals surface area contributed by atoms with Gasteiger partial charge in [0.05, 0.1) is 13.3 Å². The molecule has 0 fully saturated rings. The fourth-order valence-electron chi connectivity index (χ4n) is 2.11. The molecule has 0 bridgehead atoms.